The van der Waals surface area contributed by atoms with E-state index in [0.717, 1.165) is 6.07 Å². The summed E-state index contributed by atoms with van der Waals surface area (Å²) < 4.78 is 44.3. The summed E-state index contributed by atoms with van der Waals surface area (Å²) in [4.78, 5) is 12.3. The van der Waals surface area contributed by atoms with Crippen LogP contribution in [0.25, 0.3) is 0 Å². The Labute approximate surface area is 158 Å². The molecule has 0 spiro atoms. The molecule has 1 heterocycles. The maximum atomic E-state index is 13.1. The molecule has 1 amide bonds. The van der Waals surface area contributed by atoms with Crippen molar-refractivity contribution in [3.05, 3.63) is 71.9 Å². The molecular formula is C19H15F3N4O2. The monoisotopic (exact) mass is 388 g/mol. The van der Waals surface area contributed by atoms with E-state index >= 15 is 0 Å². The number of halogens is 3. The predicted molar refractivity (Wildman–Crippen MR) is 97.7 cm³/mol. The third kappa shape index (κ3) is 4.37. The molecule has 0 aliphatic carbocycles. The van der Waals surface area contributed by atoms with Crippen molar-refractivity contribution in [3.63, 3.8) is 0 Å². The largest absolute Gasteiger partial charge is 0.495 e. The summed E-state index contributed by atoms with van der Waals surface area (Å²) in [6.07, 6.45) is -4.51. The first-order valence-electron chi connectivity index (χ1n) is 8.10. The molecule has 2 N–H and O–H groups in total. The van der Waals surface area contributed by atoms with Crippen LogP contribution in [0, 0.1) is 0 Å². The third-order valence-electron chi connectivity index (χ3n) is 3.75. The standard InChI is InChI=1S/C19H15F3N4O2/c1-28-16-9-5-4-8-14(16)24-18(27)15-10-11-17(26-25-15)23-13-7-3-2-6-12(13)19(20,21)22/h2-11H,1H3,(H,23,26)(H,24,27). The third-order valence-corrected chi connectivity index (χ3v) is 3.75. The number of ether oxygens (including phenoxy) is 1. The quantitative estimate of drug-likeness (QED) is 0.673. The van der Waals surface area contributed by atoms with E-state index in [1.54, 1.807) is 24.3 Å². The van der Waals surface area contributed by atoms with E-state index in [9.17, 15) is 18.0 Å². The average Bonchev–Trinajstić information content (AvgIpc) is 2.68. The molecule has 0 atom stereocenters. The van der Waals surface area contributed by atoms with Crippen LogP contribution in [-0.2, 0) is 6.18 Å². The number of hydrogen-bond donors (Lipinski definition) is 2. The second-order valence-electron chi connectivity index (χ2n) is 5.63. The van der Waals surface area contributed by atoms with Crippen molar-refractivity contribution >= 4 is 23.1 Å². The van der Waals surface area contributed by atoms with Crippen molar-refractivity contribution < 1.29 is 22.7 Å². The molecule has 28 heavy (non-hydrogen) atoms. The molecule has 0 bridgehead atoms. The maximum absolute atomic E-state index is 13.1. The molecule has 0 saturated carbocycles. The van der Waals surface area contributed by atoms with Crippen molar-refractivity contribution in [1.82, 2.24) is 10.2 Å². The number of carbonyl (C=O) groups is 1. The number of anilines is 3. The minimum atomic E-state index is -4.51. The van der Waals surface area contributed by atoms with Gasteiger partial charge in [0.05, 0.1) is 24.0 Å². The Hall–Kier alpha value is -3.62. The minimum Gasteiger partial charge on any atom is -0.495 e. The first-order valence-corrected chi connectivity index (χ1v) is 8.10. The van der Waals surface area contributed by atoms with Gasteiger partial charge in [-0.2, -0.15) is 13.2 Å². The summed E-state index contributed by atoms with van der Waals surface area (Å²) in [6.45, 7) is 0. The average molecular weight is 388 g/mol. The van der Waals surface area contributed by atoms with Gasteiger partial charge >= 0.3 is 6.18 Å². The van der Waals surface area contributed by atoms with Gasteiger partial charge in [-0.15, -0.1) is 10.2 Å². The molecule has 144 valence electrons. The van der Waals surface area contributed by atoms with E-state index in [0.29, 0.717) is 11.4 Å². The van der Waals surface area contributed by atoms with Crippen molar-refractivity contribution in [2.75, 3.05) is 17.7 Å². The smallest absolute Gasteiger partial charge is 0.418 e. The highest BCUT2D eigenvalue weighted by Gasteiger charge is 2.33. The van der Waals surface area contributed by atoms with Gasteiger partial charge in [0.2, 0.25) is 0 Å². The molecule has 0 aliphatic rings. The molecule has 6 nitrogen and oxygen atoms in total. The molecular weight excluding hydrogens is 373 g/mol. The van der Waals surface area contributed by atoms with Gasteiger partial charge in [-0.3, -0.25) is 4.79 Å². The Bertz CT molecular complexity index is 975. The van der Waals surface area contributed by atoms with E-state index in [1.165, 1.54) is 37.4 Å². The van der Waals surface area contributed by atoms with Gasteiger partial charge in [-0.05, 0) is 36.4 Å². The number of nitrogens with one attached hydrogen (secondary N) is 2. The highest BCUT2D eigenvalue weighted by molar-refractivity contribution is 6.03. The molecule has 2 aromatic carbocycles. The molecule has 3 aromatic rings. The Kier molecular flexibility index (Phi) is 5.44. The Morgan fingerprint density at radius 3 is 2.25 bits per heavy atom. The summed E-state index contributed by atoms with van der Waals surface area (Å²) in [5.41, 5.74) is -0.524. The van der Waals surface area contributed by atoms with Crippen LogP contribution in [-0.4, -0.2) is 23.2 Å². The van der Waals surface area contributed by atoms with E-state index in [-0.39, 0.29) is 17.2 Å². The topological polar surface area (TPSA) is 76.1 Å². The lowest BCUT2D eigenvalue weighted by Crippen LogP contribution is -2.15. The zero-order chi connectivity index (χ0) is 20.1. The van der Waals surface area contributed by atoms with Crippen LogP contribution in [0.15, 0.2) is 60.7 Å². The molecule has 0 fully saturated rings. The van der Waals surface area contributed by atoms with Crippen LogP contribution in [0.4, 0.5) is 30.4 Å². The molecule has 1 aromatic heterocycles. The minimum absolute atomic E-state index is 0.000521. The lowest BCUT2D eigenvalue weighted by Gasteiger charge is -2.13. The fourth-order valence-corrected chi connectivity index (χ4v) is 2.43. The number of alkyl halides is 3. The van der Waals surface area contributed by atoms with E-state index in [1.807, 2.05) is 0 Å². The molecule has 0 radical (unpaired) electrons. The highest BCUT2D eigenvalue weighted by atomic mass is 19.4. The fraction of sp³-hybridized carbons (Fsp3) is 0.105. The number of nitrogens with zero attached hydrogens (tertiary/aromatic N) is 2. The number of hydrogen-bond acceptors (Lipinski definition) is 5. The highest BCUT2D eigenvalue weighted by Crippen LogP contribution is 2.35. The first-order chi connectivity index (χ1) is 13.4. The predicted octanol–water partition coefficient (Wildman–Crippen LogP) is 4.50. The second kappa shape index (κ2) is 7.95. The Balaban J connectivity index is 1.75. The van der Waals surface area contributed by atoms with E-state index < -0.39 is 17.6 Å². The van der Waals surface area contributed by atoms with Crippen LogP contribution in [0.5, 0.6) is 5.75 Å². The lowest BCUT2D eigenvalue weighted by molar-refractivity contribution is -0.136. The van der Waals surface area contributed by atoms with Gasteiger partial charge in [0.15, 0.2) is 11.5 Å². The zero-order valence-electron chi connectivity index (χ0n) is 14.6. The zero-order valence-corrected chi connectivity index (χ0v) is 14.6. The molecule has 0 unspecified atom stereocenters. The van der Waals surface area contributed by atoms with Crippen LogP contribution >= 0.6 is 0 Å². The number of carbonyl (C=O) groups excluding carboxylic acids is 1. The van der Waals surface area contributed by atoms with E-state index in [4.69, 9.17) is 4.74 Å². The van der Waals surface area contributed by atoms with Gasteiger partial charge in [0, 0.05) is 0 Å². The molecule has 0 saturated heterocycles. The van der Waals surface area contributed by atoms with Crippen LogP contribution in [0.1, 0.15) is 16.1 Å². The van der Waals surface area contributed by atoms with Crippen molar-refractivity contribution in [1.29, 1.82) is 0 Å². The number of aromatic nitrogens is 2. The van der Waals surface area contributed by atoms with Gasteiger partial charge in [0.25, 0.3) is 5.91 Å². The number of methoxy groups -OCH3 is 1. The molecule has 9 heteroatoms. The number of benzene rings is 2. The van der Waals surface area contributed by atoms with Crippen molar-refractivity contribution in [2.45, 2.75) is 6.18 Å². The SMILES string of the molecule is COc1ccccc1NC(=O)c1ccc(Nc2ccccc2C(F)(F)F)nn1. The maximum Gasteiger partial charge on any atom is 0.418 e. The second-order valence-corrected chi connectivity index (χ2v) is 5.63. The van der Waals surface area contributed by atoms with Crippen LogP contribution in [0.2, 0.25) is 0 Å². The lowest BCUT2D eigenvalue weighted by atomic mass is 10.1. The van der Waals surface area contributed by atoms with Gasteiger partial charge < -0.3 is 15.4 Å². The Morgan fingerprint density at radius 2 is 1.61 bits per heavy atom. The number of para-hydroxylation sites is 3. The number of amides is 1. The van der Waals surface area contributed by atoms with Crippen LogP contribution < -0.4 is 15.4 Å². The van der Waals surface area contributed by atoms with E-state index in [2.05, 4.69) is 20.8 Å². The fourth-order valence-electron chi connectivity index (χ4n) is 2.43. The number of rotatable bonds is 5. The molecule has 0 aliphatic heterocycles. The Morgan fingerprint density at radius 1 is 0.929 bits per heavy atom. The van der Waals surface area contributed by atoms with Gasteiger partial charge in [-0.25, -0.2) is 0 Å². The first kappa shape index (κ1) is 19.2. The van der Waals surface area contributed by atoms with Crippen LogP contribution in [0.3, 0.4) is 0 Å². The van der Waals surface area contributed by atoms with Crippen molar-refractivity contribution in [2.24, 2.45) is 0 Å². The molecule has 3 rings (SSSR count). The summed E-state index contributed by atoms with van der Waals surface area (Å²) in [5.74, 6) is 0.0237. The summed E-state index contributed by atoms with van der Waals surface area (Å²) in [5, 5.41) is 12.8. The van der Waals surface area contributed by atoms with Crippen molar-refractivity contribution in [3.8, 4) is 5.75 Å². The van der Waals surface area contributed by atoms with Gasteiger partial charge in [-0.1, -0.05) is 24.3 Å². The summed E-state index contributed by atoms with van der Waals surface area (Å²) in [7, 11) is 1.48. The summed E-state index contributed by atoms with van der Waals surface area (Å²) >= 11 is 0. The normalized spacial score (nSPS) is 11.0. The summed E-state index contributed by atoms with van der Waals surface area (Å²) in [6, 6.07) is 14.6. The van der Waals surface area contributed by atoms with Gasteiger partial charge in [0.1, 0.15) is 5.75 Å².